The summed E-state index contributed by atoms with van der Waals surface area (Å²) in [5.74, 6) is 2.12. The minimum absolute atomic E-state index is 0.260. The summed E-state index contributed by atoms with van der Waals surface area (Å²) in [6.45, 7) is 2.08. The molecule has 0 saturated carbocycles. The number of phenols is 1. The molecule has 0 unspecified atom stereocenters. The first-order valence-electron chi connectivity index (χ1n) is 6.50. The Balaban J connectivity index is 2.33. The number of aromatic hydroxyl groups is 1. The molecule has 5 heteroatoms. The quantitative estimate of drug-likeness (QED) is 0.891. The van der Waals surface area contributed by atoms with Gasteiger partial charge in [-0.05, 0) is 54.2 Å². The van der Waals surface area contributed by atoms with Gasteiger partial charge in [-0.2, -0.15) is 0 Å². The van der Waals surface area contributed by atoms with E-state index in [0.29, 0.717) is 21.9 Å². The Labute approximate surface area is 122 Å². The lowest BCUT2D eigenvalue weighted by molar-refractivity contribution is 0.331. The van der Waals surface area contributed by atoms with Crippen molar-refractivity contribution in [3.63, 3.8) is 0 Å². The van der Waals surface area contributed by atoms with E-state index in [-0.39, 0.29) is 5.75 Å². The van der Waals surface area contributed by atoms with Gasteiger partial charge in [0.2, 0.25) is 0 Å². The average molecular weight is 330 g/mol. The molecule has 1 saturated heterocycles. The fourth-order valence-electron chi connectivity index (χ4n) is 2.59. The molecule has 2 rings (SSSR count). The van der Waals surface area contributed by atoms with Crippen LogP contribution in [0.15, 0.2) is 10.5 Å². The molecular weight excluding hydrogens is 310 g/mol. The standard InChI is InChI=1S/C14H20BrNO3/c1-18-12-8-11(15)13(17)10(14(12)19-2)7-9-3-5-16-6-4-9/h8-9,16-17H,3-7H2,1-2H3. The van der Waals surface area contributed by atoms with Crippen LogP contribution in [0.4, 0.5) is 0 Å². The molecule has 0 atom stereocenters. The van der Waals surface area contributed by atoms with Crippen molar-refractivity contribution in [2.75, 3.05) is 27.3 Å². The van der Waals surface area contributed by atoms with Crippen LogP contribution in [-0.4, -0.2) is 32.4 Å². The van der Waals surface area contributed by atoms with E-state index in [4.69, 9.17) is 9.47 Å². The zero-order valence-corrected chi connectivity index (χ0v) is 12.9. The second kappa shape index (κ2) is 6.48. The number of halogens is 1. The van der Waals surface area contributed by atoms with Crippen LogP contribution in [0.2, 0.25) is 0 Å². The Morgan fingerprint density at radius 2 is 2.00 bits per heavy atom. The zero-order chi connectivity index (χ0) is 13.8. The van der Waals surface area contributed by atoms with E-state index in [1.807, 2.05) is 0 Å². The van der Waals surface area contributed by atoms with E-state index in [9.17, 15) is 5.11 Å². The number of hydrogen-bond acceptors (Lipinski definition) is 4. The van der Waals surface area contributed by atoms with Gasteiger partial charge in [0.15, 0.2) is 11.5 Å². The van der Waals surface area contributed by atoms with E-state index < -0.39 is 0 Å². The molecule has 0 spiro atoms. The lowest BCUT2D eigenvalue weighted by Crippen LogP contribution is -2.28. The van der Waals surface area contributed by atoms with Gasteiger partial charge in [0.05, 0.1) is 18.7 Å². The summed E-state index contributed by atoms with van der Waals surface area (Å²) in [7, 11) is 3.22. The van der Waals surface area contributed by atoms with Crippen molar-refractivity contribution in [1.82, 2.24) is 5.32 Å². The summed E-state index contributed by atoms with van der Waals surface area (Å²) in [5, 5.41) is 13.6. The topological polar surface area (TPSA) is 50.7 Å². The summed E-state index contributed by atoms with van der Waals surface area (Å²) < 4.78 is 11.4. The number of nitrogens with one attached hydrogen (secondary N) is 1. The summed E-state index contributed by atoms with van der Waals surface area (Å²) in [4.78, 5) is 0. The lowest BCUT2D eigenvalue weighted by atomic mass is 9.90. The number of ether oxygens (including phenoxy) is 2. The van der Waals surface area contributed by atoms with E-state index in [1.54, 1.807) is 20.3 Å². The highest BCUT2D eigenvalue weighted by molar-refractivity contribution is 9.10. The minimum atomic E-state index is 0.260. The molecule has 2 N–H and O–H groups in total. The van der Waals surface area contributed by atoms with Crippen molar-refractivity contribution in [3.8, 4) is 17.2 Å². The number of methoxy groups -OCH3 is 2. The van der Waals surface area contributed by atoms with E-state index >= 15 is 0 Å². The van der Waals surface area contributed by atoms with Gasteiger partial charge in [0, 0.05) is 11.6 Å². The molecule has 1 aromatic carbocycles. The maximum absolute atomic E-state index is 10.3. The summed E-state index contributed by atoms with van der Waals surface area (Å²) in [6.07, 6.45) is 3.06. The van der Waals surface area contributed by atoms with Gasteiger partial charge < -0.3 is 19.9 Å². The van der Waals surface area contributed by atoms with Crippen LogP contribution in [0.25, 0.3) is 0 Å². The van der Waals surface area contributed by atoms with Crippen molar-refractivity contribution >= 4 is 15.9 Å². The van der Waals surface area contributed by atoms with E-state index in [0.717, 1.165) is 37.9 Å². The third-order valence-electron chi connectivity index (χ3n) is 3.64. The predicted molar refractivity (Wildman–Crippen MR) is 78.2 cm³/mol. The maximum Gasteiger partial charge on any atom is 0.167 e. The Morgan fingerprint density at radius 3 is 2.58 bits per heavy atom. The SMILES string of the molecule is COc1cc(Br)c(O)c(CC2CCNCC2)c1OC. The Hall–Kier alpha value is -0.940. The van der Waals surface area contributed by atoms with Gasteiger partial charge in [-0.25, -0.2) is 0 Å². The van der Waals surface area contributed by atoms with Crippen LogP contribution >= 0.6 is 15.9 Å². The largest absolute Gasteiger partial charge is 0.506 e. The highest BCUT2D eigenvalue weighted by Gasteiger charge is 2.22. The molecular formula is C14H20BrNO3. The summed E-state index contributed by atoms with van der Waals surface area (Å²) in [6, 6.07) is 1.74. The van der Waals surface area contributed by atoms with Crippen LogP contribution in [0.1, 0.15) is 18.4 Å². The summed E-state index contributed by atoms with van der Waals surface area (Å²) in [5.41, 5.74) is 0.834. The van der Waals surface area contributed by atoms with Crippen LogP contribution in [0, 0.1) is 5.92 Å². The number of rotatable bonds is 4. The van der Waals surface area contributed by atoms with Gasteiger partial charge in [-0.3, -0.25) is 0 Å². The average Bonchev–Trinajstić information content (AvgIpc) is 2.44. The van der Waals surface area contributed by atoms with Gasteiger partial charge in [-0.15, -0.1) is 0 Å². The summed E-state index contributed by atoms with van der Waals surface area (Å²) >= 11 is 3.37. The maximum atomic E-state index is 10.3. The molecule has 4 nitrogen and oxygen atoms in total. The van der Waals surface area contributed by atoms with Crippen molar-refractivity contribution in [3.05, 3.63) is 16.1 Å². The number of benzene rings is 1. The molecule has 1 aliphatic heterocycles. The third kappa shape index (κ3) is 3.15. The Kier molecular flexibility index (Phi) is 4.93. The van der Waals surface area contributed by atoms with Gasteiger partial charge in [-0.1, -0.05) is 0 Å². The van der Waals surface area contributed by atoms with Gasteiger partial charge in [0.25, 0.3) is 0 Å². The zero-order valence-electron chi connectivity index (χ0n) is 11.3. The molecule has 0 radical (unpaired) electrons. The molecule has 0 aromatic heterocycles. The Morgan fingerprint density at radius 1 is 1.32 bits per heavy atom. The monoisotopic (exact) mass is 329 g/mol. The number of piperidine rings is 1. The highest BCUT2D eigenvalue weighted by Crippen LogP contribution is 2.43. The van der Waals surface area contributed by atoms with Crippen LogP contribution in [-0.2, 0) is 6.42 Å². The third-order valence-corrected chi connectivity index (χ3v) is 4.25. The first-order chi connectivity index (χ1) is 9.17. The predicted octanol–water partition coefficient (Wildman–Crippen LogP) is 2.71. The molecule has 0 aliphatic carbocycles. The van der Waals surface area contributed by atoms with Crippen LogP contribution in [0.3, 0.4) is 0 Å². The normalized spacial score (nSPS) is 16.4. The second-order valence-corrected chi connectivity index (χ2v) is 5.67. The van der Waals surface area contributed by atoms with Crippen molar-refractivity contribution in [2.24, 2.45) is 5.92 Å². The molecule has 19 heavy (non-hydrogen) atoms. The van der Waals surface area contributed by atoms with Crippen LogP contribution < -0.4 is 14.8 Å². The number of hydrogen-bond donors (Lipinski definition) is 2. The van der Waals surface area contributed by atoms with Gasteiger partial charge >= 0.3 is 0 Å². The number of phenolic OH excluding ortho intramolecular Hbond substituents is 1. The first-order valence-corrected chi connectivity index (χ1v) is 7.29. The molecule has 1 heterocycles. The van der Waals surface area contributed by atoms with E-state index in [1.165, 1.54) is 0 Å². The van der Waals surface area contributed by atoms with Gasteiger partial charge in [0.1, 0.15) is 5.75 Å². The fourth-order valence-corrected chi connectivity index (χ4v) is 3.04. The molecule has 1 fully saturated rings. The molecule has 0 bridgehead atoms. The second-order valence-electron chi connectivity index (χ2n) is 4.82. The molecule has 0 amide bonds. The smallest absolute Gasteiger partial charge is 0.167 e. The van der Waals surface area contributed by atoms with Crippen molar-refractivity contribution in [2.45, 2.75) is 19.3 Å². The van der Waals surface area contributed by atoms with E-state index in [2.05, 4.69) is 21.2 Å². The Bertz CT molecular complexity index is 445. The first kappa shape index (κ1) is 14.5. The molecule has 1 aliphatic rings. The van der Waals surface area contributed by atoms with Crippen molar-refractivity contribution < 1.29 is 14.6 Å². The minimum Gasteiger partial charge on any atom is -0.506 e. The molecule has 106 valence electrons. The van der Waals surface area contributed by atoms with Crippen LogP contribution in [0.5, 0.6) is 17.2 Å². The fraction of sp³-hybridized carbons (Fsp3) is 0.571. The lowest BCUT2D eigenvalue weighted by Gasteiger charge is -2.24. The molecule has 1 aromatic rings. The highest BCUT2D eigenvalue weighted by atomic mass is 79.9. The van der Waals surface area contributed by atoms with Crippen molar-refractivity contribution in [1.29, 1.82) is 0 Å².